The fourth-order valence-corrected chi connectivity index (χ4v) is 3.03. The van der Waals surface area contributed by atoms with E-state index in [0.717, 1.165) is 5.56 Å². The van der Waals surface area contributed by atoms with Crippen LogP contribution in [-0.2, 0) is 19.0 Å². The zero-order valence-electron chi connectivity index (χ0n) is 15.0. The molecule has 2 heterocycles. The summed E-state index contributed by atoms with van der Waals surface area (Å²) in [4.78, 5) is 24.3. The Hall–Kier alpha value is -3.22. The second-order valence-electron chi connectivity index (χ2n) is 6.41. The number of carbonyl (C=O) groups excluding carboxylic acids is 2. The highest BCUT2D eigenvalue weighted by atomic mass is 16.7. The third-order valence-electron chi connectivity index (χ3n) is 4.47. The van der Waals surface area contributed by atoms with Crippen molar-refractivity contribution in [1.29, 1.82) is 0 Å². The summed E-state index contributed by atoms with van der Waals surface area (Å²) < 4.78 is 17.0. The fraction of sp³-hybridized carbons (Fsp3) is 0.182. The van der Waals surface area contributed by atoms with E-state index in [1.807, 2.05) is 36.4 Å². The summed E-state index contributed by atoms with van der Waals surface area (Å²) in [5.74, 6) is -0.675. The number of nitrogens with one attached hydrogen (secondary N) is 1. The number of fused-ring (bicyclic) bond motifs is 1. The van der Waals surface area contributed by atoms with Gasteiger partial charge in [-0.15, -0.1) is 0 Å². The lowest BCUT2D eigenvalue weighted by Crippen LogP contribution is -2.46. The van der Waals surface area contributed by atoms with E-state index in [0.29, 0.717) is 5.56 Å². The molecule has 1 fully saturated rings. The molecule has 4 rings (SSSR count). The van der Waals surface area contributed by atoms with Gasteiger partial charge in [-0.2, -0.15) is 0 Å². The Morgan fingerprint density at radius 1 is 1.04 bits per heavy atom. The minimum atomic E-state index is -0.521. The van der Waals surface area contributed by atoms with Crippen molar-refractivity contribution in [3.05, 3.63) is 95.8 Å². The Kier molecular flexibility index (Phi) is 5.32. The van der Waals surface area contributed by atoms with Crippen LogP contribution in [0.3, 0.4) is 0 Å². The van der Waals surface area contributed by atoms with Gasteiger partial charge in [0.15, 0.2) is 18.2 Å². The van der Waals surface area contributed by atoms with Gasteiger partial charge in [0.25, 0.3) is 0 Å². The van der Waals surface area contributed by atoms with Crippen LogP contribution in [0, 0.1) is 0 Å². The maximum Gasteiger partial charge on any atom is 0.354 e. The van der Waals surface area contributed by atoms with Crippen LogP contribution in [0.2, 0.25) is 0 Å². The van der Waals surface area contributed by atoms with E-state index >= 15 is 0 Å². The maximum atomic E-state index is 12.2. The molecule has 0 radical (unpaired) electrons. The zero-order valence-corrected chi connectivity index (χ0v) is 15.0. The van der Waals surface area contributed by atoms with Crippen molar-refractivity contribution in [3.8, 4) is 0 Å². The third-order valence-corrected chi connectivity index (χ3v) is 4.47. The van der Waals surface area contributed by atoms with Gasteiger partial charge in [-0.25, -0.2) is 4.79 Å². The number of carbonyl (C=O) groups is 2. The Labute approximate surface area is 162 Å². The van der Waals surface area contributed by atoms with Gasteiger partial charge < -0.3 is 19.5 Å². The van der Waals surface area contributed by atoms with E-state index in [2.05, 4.69) is 5.32 Å². The van der Waals surface area contributed by atoms with Crippen molar-refractivity contribution >= 4 is 11.8 Å². The molecule has 2 aliphatic rings. The minimum Gasteiger partial charge on any atom is -0.452 e. The van der Waals surface area contributed by atoms with Crippen molar-refractivity contribution in [1.82, 2.24) is 5.32 Å². The van der Waals surface area contributed by atoms with Gasteiger partial charge in [-0.1, -0.05) is 60.7 Å². The summed E-state index contributed by atoms with van der Waals surface area (Å²) in [5, 5.41) is 2.82. The molecule has 1 saturated heterocycles. The summed E-state index contributed by atoms with van der Waals surface area (Å²) in [6.45, 7) is 0.252. The molecule has 0 aromatic heterocycles. The van der Waals surface area contributed by atoms with Crippen LogP contribution in [0.5, 0.6) is 0 Å². The Bertz CT molecular complexity index is 907. The van der Waals surface area contributed by atoms with E-state index in [1.54, 1.807) is 30.3 Å². The molecule has 28 heavy (non-hydrogen) atoms. The first-order valence-electron chi connectivity index (χ1n) is 8.98. The average Bonchev–Trinajstić information content (AvgIpc) is 2.75. The van der Waals surface area contributed by atoms with Gasteiger partial charge in [0.2, 0.25) is 0 Å². The van der Waals surface area contributed by atoms with Crippen LogP contribution in [0.25, 0.3) is 0 Å². The molecular formula is C22H19NO5. The zero-order chi connectivity index (χ0) is 19.3. The first-order chi connectivity index (χ1) is 13.7. The van der Waals surface area contributed by atoms with Crippen molar-refractivity contribution in [2.45, 2.75) is 18.5 Å². The first-order valence-corrected chi connectivity index (χ1v) is 8.98. The summed E-state index contributed by atoms with van der Waals surface area (Å²) in [7, 11) is 0. The van der Waals surface area contributed by atoms with E-state index in [4.69, 9.17) is 14.2 Å². The quantitative estimate of drug-likeness (QED) is 0.491. The lowest BCUT2D eigenvalue weighted by molar-refractivity contribution is -0.252. The van der Waals surface area contributed by atoms with Gasteiger partial charge >= 0.3 is 5.97 Å². The molecule has 0 amide bonds. The Balaban J connectivity index is 1.43. The summed E-state index contributed by atoms with van der Waals surface area (Å²) >= 11 is 0. The lowest BCUT2D eigenvalue weighted by atomic mass is 10.1. The molecule has 2 aromatic carbocycles. The molecule has 0 bridgehead atoms. The molecule has 1 N–H and O–H groups in total. The van der Waals surface area contributed by atoms with E-state index in [-0.39, 0.29) is 18.1 Å². The van der Waals surface area contributed by atoms with Gasteiger partial charge in [-0.3, -0.25) is 4.79 Å². The standard InChI is InChI=1S/C22H19NO5/c24-18(15-7-3-1-4-8-15)11-12-23-17-13-19-20(27-21(17)25)14-26-22(28-19)16-9-5-2-6-10-16/h1-13,19-20,22-23H,14H2. The molecule has 3 atom stereocenters. The number of hydrogen-bond donors (Lipinski definition) is 1. The predicted molar refractivity (Wildman–Crippen MR) is 101 cm³/mol. The molecule has 0 spiro atoms. The van der Waals surface area contributed by atoms with E-state index in [9.17, 15) is 9.59 Å². The molecular weight excluding hydrogens is 358 g/mol. The van der Waals surface area contributed by atoms with Crippen LogP contribution in [0.4, 0.5) is 0 Å². The fourth-order valence-electron chi connectivity index (χ4n) is 3.03. The minimum absolute atomic E-state index is 0.165. The molecule has 3 unspecified atom stereocenters. The SMILES string of the molecule is O=C1OC2COC(c3ccccc3)OC2C=C1NC=CC(=O)c1ccccc1. The highest BCUT2D eigenvalue weighted by Gasteiger charge is 2.38. The van der Waals surface area contributed by atoms with Crippen molar-refractivity contribution < 1.29 is 23.8 Å². The van der Waals surface area contributed by atoms with Gasteiger partial charge in [0.05, 0.1) is 6.61 Å². The van der Waals surface area contributed by atoms with Crippen LogP contribution < -0.4 is 5.32 Å². The van der Waals surface area contributed by atoms with E-state index < -0.39 is 24.5 Å². The molecule has 6 heteroatoms. The topological polar surface area (TPSA) is 73.9 Å². The second-order valence-corrected chi connectivity index (χ2v) is 6.41. The maximum absolute atomic E-state index is 12.2. The number of allylic oxidation sites excluding steroid dienone is 1. The van der Waals surface area contributed by atoms with Crippen LogP contribution >= 0.6 is 0 Å². The molecule has 0 saturated carbocycles. The summed E-state index contributed by atoms with van der Waals surface area (Å²) in [6.07, 6.45) is 3.02. The lowest BCUT2D eigenvalue weighted by Gasteiger charge is -2.37. The normalized spacial score (nSPS) is 24.2. The van der Waals surface area contributed by atoms with Crippen LogP contribution in [0.1, 0.15) is 22.2 Å². The van der Waals surface area contributed by atoms with E-state index in [1.165, 1.54) is 12.3 Å². The van der Waals surface area contributed by atoms with Crippen molar-refractivity contribution in [2.75, 3.05) is 6.61 Å². The average molecular weight is 377 g/mol. The number of ether oxygens (including phenoxy) is 3. The number of hydrogen-bond acceptors (Lipinski definition) is 6. The molecule has 0 aliphatic carbocycles. The largest absolute Gasteiger partial charge is 0.452 e. The highest BCUT2D eigenvalue weighted by Crippen LogP contribution is 2.30. The number of esters is 1. The summed E-state index contributed by atoms with van der Waals surface area (Å²) in [6, 6.07) is 18.5. The number of benzene rings is 2. The molecule has 6 nitrogen and oxygen atoms in total. The van der Waals surface area contributed by atoms with Crippen molar-refractivity contribution in [3.63, 3.8) is 0 Å². The van der Waals surface area contributed by atoms with Crippen molar-refractivity contribution in [2.24, 2.45) is 0 Å². The molecule has 2 aliphatic heterocycles. The number of rotatable bonds is 5. The number of ketones is 1. The molecule has 2 aromatic rings. The van der Waals surface area contributed by atoms with Gasteiger partial charge in [0, 0.05) is 23.4 Å². The summed E-state index contributed by atoms with van der Waals surface area (Å²) in [5.41, 5.74) is 1.69. The smallest absolute Gasteiger partial charge is 0.354 e. The second kappa shape index (κ2) is 8.21. The van der Waals surface area contributed by atoms with Crippen LogP contribution in [0.15, 0.2) is 84.7 Å². The Morgan fingerprint density at radius 2 is 1.75 bits per heavy atom. The monoisotopic (exact) mass is 377 g/mol. The Morgan fingerprint density at radius 3 is 2.50 bits per heavy atom. The third kappa shape index (κ3) is 4.03. The highest BCUT2D eigenvalue weighted by molar-refractivity contribution is 6.04. The first kappa shape index (κ1) is 18.2. The van der Waals surface area contributed by atoms with Gasteiger partial charge in [0.1, 0.15) is 11.8 Å². The van der Waals surface area contributed by atoms with Gasteiger partial charge in [-0.05, 0) is 6.08 Å². The predicted octanol–water partition coefficient (Wildman–Crippen LogP) is 2.90. The molecule has 142 valence electrons. The van der Waals surface area contributed by atoms with Crippen LogP contribution in [-0.4, -0.2) is 30.6 Å².